The van der Waals surface area contributed by atoms with Crippen LogP contribution in [0.1, 0.15) is 33.6 Å². The van der Waals surface area contributed by atoms with Crippen LogP contribution in [0.4, 0.5) is 0 Å². The van der Waals surface area contributed by atoms with Gasteiger partial charge in [0.15, 0.2) is 5.78 Å². The van der Waals surface area contributed by atoms with Crippen molar-refractivity contribution in [3.8, 4) is 6.07 Å². The molecule has 1 saturated heterocycles. The van der Waals surface area contributed by atoms with Gasteiger partial charge in [-0.3, -0.25) is 4.79 Å². The van der Waals surface area contributed by atoms with Gasteiger partial charge < -0.3 is 5.32 Å². The summed E-state index contributed by atoms with van der Waals surface area (Å²) in [5, 5.41) is 12.5. The summed E-state index contributed by atoms with van der Waals surface area (Å²) in [5.74, 6) is 0.346. The smallest absolute Gasteiger partial charge is 0.178 e. The molecule has 0 bridgehead atoms. The Morgan fingerprint density at radius 1 is 1.47 bits per heavy atom. The predicted molar refractivity (Wildman–Crippen MR) is 66.2 cm³/mol. The summed E-state index contributed by atoms with van der Waals surface area (Å²) in [5.41, 5.74) is -0.142. The second-order valence-electron chi connectivity index (χ2n) is 6.10. The van der Waals surface area contributed by atoms with Crippen molar-refractivity contribution in [2.24, 2.45) is 16.7 Å². The van der Waals surface area contributed by atoms with Gasteiger partial charge in [0, 0.05) is 17.4 Å². The highest BCUT2D eigenvalue weighted by Gasteiger charge is 2.51. The molecular formula is C14H20N2O. The van der Waals surface area contributed by atoms with Crippen molar-refractivity contribution in [1.29, 1.82) is 5.26 Å². The Morgan fingerprint density at radius 3 is 2.82 bits per heavy atom. The maximum Gasteiger partial charge on any atom is 0.178 e. The summed E-state index contributed by atoms with van der Waals surface area (Å²) in [6, 6.07) is 2.07. The van der Waals surface area contributed by atoms with Crippen molar-refractivity contribution >= 4 is 5.78 Å². The average Bonchev–Trinajstić information content (AvgIpc) is 2.46. The fourth-order valence-electron chi connectivity index (χ4n) is 3.56. The van der Waals surface area contributed by atoms with E-state index in [0.717, 1.165) is 25.9 Å². The molecule has 1 N–H and O–H groups in total. The third kappa shape index (κ3) is 1.81. The van der Waals surface area contributed by atoms with Gasteiger partial charge in [0.2, 0.25) is 0 Å². The standard InChI is InChI=1S/C14H20N2O/c1-13(2)11-5-4-6-16-9-14(11,3)7-10(8-15)12(13)17/h7,11,16H,4-6,9H2,1-3H3/t11-,14+/m1/s1. The van der Waals surface area contributed by atoms with Gasteiger partial charge in [0.1, 0.15) is 6.07 Å². The Hall–Kier alpha value is -1.14. The van der Waals surface area contributed by atoms with Crippen LogP contribution in [0.15, 0.2) is 11.6 Å². The zero-order chi connectivity index (χ0) is 12.7. The second kappa shape index (κ2) is 3.96. The van der Waals surface area contributed by atoms with Crippen LogP contribution < -0.4 is 5.32 Å². The molecule has 0 unspecified atom stereocenters. The molecule has 1 aliphatic heterocycles. The minimum atomic E-state index is -0.416. The van der Waals surface area contributed by atoms with Gasteiger partial charge >= 0.3 is 0 Å². The minimum absolute atomic E-state index is 0.0179. The lowest BCUT2D eigenvalue weighted by Gasteiger charge is -2.46. The van der Waals surface area contributed by atoms with Crippen molar-refractivity contribution < 1.29 is 4.79 Å². The number of rotatable bonds is 0. The number of carbonyl (C=O) groups excluding carboxylic acids is 1. The van der Waals surface area contributed by atoms with Crippen LogP contribution in [-0.2, 0) is 4.79 Å². The van der Waals surface area contributed by atoms with E-state index in [4.69, 9.17) is 5.26 Å². The van der Waals surface area contributed by atoms with E-state index in [1.54, 1.807) is 0 Å². The molecule has 0 aromatic carbocycles. The molecule has 1 aliphatic carbocycles. The predicted octanol–water partition coefficient (Wildman–Crippen LogP) is 2.05. The molecule has 0 aromatic heterocycles. The van der Waals surface area contributed by atoms with Crippen LogP contribution in [0.3, 0.4) is 0 Å². The number of ketones is 1. The van der Waals surface area contributed by atoms with Crippen LogP contribution in [0, 0.1) is 28.1 Å². The van der Waals surface area contributed by atoms with Gasteiger partial charge in [-0.25, -0.2) is 0 Å². The van der Waals surface area contributed by atoms with Crippen LogP contribution in [0.2, 0.25) is 0 Å². The highest BCUT2D eigenvalue weighted by molar-refractivity contribution is 6.04. The molecule has 17 heavy (non-hydrogen) atoms. The normalized spacial score (nSPS) is 36.5. The molecule has 0 amide bonds. The van der Waals surface area contributed by atoms with E-state index in [2.05, 4.69) is 18.3 Å². The Bertz CT molecular complexity index is 416. The molecule has 0 aromatic rings. The topological polar surface area (TPSA) is 52.9 Å². The lowest BCUT2D eigenvalue weighted by atomic mass is 9.56. The molecule has 0 saturated carbocycles. The number of hydrogen-bond acceptors (Lipinski definition) is 3. The molecule has 1 fully saturated rings. The first kappa shape index (κ1) is 12.3. The van der Waals surface area contributed by atoms with Crippen molar-refractivity contribution in [1.82, 2.24) is 5.32 Å². The van der Waals surface area contributed by atoms with Crippen LogP contribution >= 0.6 is 0 Å². The number of hydrogen-bond donors (Lipinski definition) is 1. The van der Waals surface area contributed by atoms with E-state index in [-0.39, 0.29) is 11.2 Å². The third-order valence-electron chi connectivity index (χ3n) is 4.44. The highest BCUT2D eigenvalue weighted by Crippen LogP contribution is 2.50. The van der Waals surface area contributed by atoms with Gasteiger partial charge in [-0.1, -0.05) is 26.8 Å². The summed E-state index contributed by atoms with van der Waals surface area (Å²) < 4.78 is 0. The summed E-state index contributed by atoms with van der Waals surface area (Å²) in [7, 11) is 0. The van der Waals surface area contributed by atoms with Crippen molar-refractivity contribution in [3.63, 3.8) is 0 Å². The van der Waals surface area contributed by atoms with E-state index < -0.39 is 5.41 Å². The molecule has 0 spiro atoms. The SMILES string of the molecule is CC1(C)C(=O)C(C#N)=C[C@@]2(C)CNCCC[C@H]12. The van der Waals surface area contributed by atoms with Crippen LogP contribution in [0.5, 0.6) is 0 Å². The first-order chi connectivity index (χ1) is 7.92. The Kier molecular flexibility index (Phi) is 2.87. The molecule has 3 nitrogen and oxygen atoms in total. The van der Waals surface area contributed by atoms with E-state index in [1.807, 2.05) is 19.9 Å². The molecule has 92 valence electrons. The average molecular weight is 232 g/mol. The van der Waals surface area contributed by atoms with E-state index >= 15 is 0 Å². The Balaban J connectivity index is 2.52. The van der Waals surface area contributed by atoms with Crippen molar-refractivity contribution in [2.75, 3.05) is 13.1 Å². The van der Waals surface area contributed by atoms with Crippen LogP contribution in [-0.4, -0.2) is 18.9 Å². The number of fused-ring (bicyclic) bond motifs is 1. The molecule has 2 aliphatic rings. The summed E-state index contributed by atoms with van der Waals surface area (Å²) in [4.78, 5) is 12.3. The Morgan fingerprint density at radius 2 is 2.18 bits per heavy atom. The number of carbonyl (C=O) groups is 1. The molecule has 3 heteroatoms. The quantitative estimate of drug-likeness (QED) is 0.695. The van der Waals surface area contributed by atoms with Crippen molar-refractivity contribution in [2.45, 2.75) is 33.6 Å². The lowest BCUT2D eigenvalue weighted by molar-refractivity contribution is -0.129. The largest absolute Gasteiger partial charge is 0.316 e. The molecule has 2 atom stereocenters. The van der Waals surface area contributed by atoms with Gasteiger partial charge in [-0.05, 0) is 25.3 Å². The fraction of sp³-hybridized carbons (Fsp3) is 0.714. The van der Waals surface area contributed by atoms with Crippen LogP contribution in [0.25, 0.3) is 0 Å². The summed E-state index contributed by atoms with van der Waals surface area (Å²) in [6.07, 6.45) is 4.06. The molecule has 0 radical (unpaired) electrons. The molecule has 1 heterocycles. The van der Waals surface area contributed by atoms with E-state index in [1.165, 1.54) is 0 Å². The molecule has 2 rings (SSSR count). The number of nitrogens with zero attached hydrogens (tertiary/aromatic N) is 1. The number of allylic oxidation sites excluding steroid dienone is 1. The summed E-state index contributed by atoms with van der Waals surface area (Å²) in [6.45, 7) is 8.02. The van der Waals surface area contributed by atoms with Gasteiger partial charge in [-0.15, -0.1) is 0 Å². The number of Topliss-reactive ketones (excluding diaryl/α,β-unsaturated/α-hetero) is 1. The first-order valence-electron chi connectivity index (χ1n) is 6.30. The molecular weight excluding hydrogens is 212 g/mol. The zero-order valence-electron chi connectivity index (χ0n) is 10.8. The zero-order valence-corrected chi connectivity index (χ0v) is 10.8. The van der Waals surface area contributed by atoms with E-state index in [0.29, 0.717) is 11.5 Å². The monoisotopic (exact) mass is 232 g/mol. The lowest BCUT2D eigenvalue weighted by Crippen LogP contribution is -2.48. The Labute approximate surface area is 103 Å². The second-order valence-corrected chi connectivity index (χ2v) is 6.10. The maximum absolute atomic E-state index is 12.3. The minimum Gasteiger partial charge on any atom is -0.316 e. The summed E-state index contributed by atoms with van der Waals surface area (Å²) >= 11 is 0. The highest BCUT2D eigenvalue weighted by atomic mass is 16.1. The number of nitriles is 1. The fourth-order valence-corrected chi connectivity index (χ4v) is 3.56. The first-order valence-corrected chi connectivity index (χ1v) is 6.30. The maximum atomic E-state index is 12.3. The van der Waals surface area contributed by atoms with Crippen molar-refractivity contribution in [3.05, 3.63) is 11.6 Å². The number of nitrogens with one attached hydrogen (secondary N) is 1. The third-order valence-corrected chi connectivity index (χ3v) is 4.44. The van der Waals surface area contributed by atoms with Gasteiger partial charge in [0.25, 0.3) is 0 Å². The van der Waals surface area contributed by atoms with E-state index in [9.17, 15) is 4.79 Å². The van der Waals surface area contributed by atoms with Gasteiger partial charge in [-0.2, -0.15) is 5.26 Å². The van der Waals surface area contributed by atoms with Gasteiger partial charge in [0.05, 0.1) is 5.57 Å².